The molecule has 7 nitrogen and oxygen atoms in total. The lowest BCUT2D eigenvalue weighted by Gasteiger charge is -2.13. The average Bonchev–Trinajstić information content (AvgIpc) is 3.16. The first-order valence-corrected chi connectivity index (χ1v) is 11.1. The molecular weight excluding hydrogens is 414 g/mol. The van der Waals surface area contributed by atoms with Crippen molar-refractivity contribution in [2.24, 2.45) is 0 Å². The summed E-state index contributed by atoms with van der Waals surface area (Å²) >= 11 is 6.17. The number of sulfonamides is 1. The fourth-order valence-electron chi connectivity index (χ4n) is 3.23. The summed E-state index contributed by atoms with van der Waals surface area (Å²) in [6.45, 7) is 1.38. The van der Waals surface area contributed by atoms with Crippen LogP contribution in [-0.4, -0.2) is 26.3 Å². The predicted molar refractivity (Wildman–Crippen MR) is 113 cm³/mol. The van der Waals surface area contributed by atoms with E-state index in [1.807, 2.05) is 0 Å². The molecule has 2 aromatic rings. The number of hydrogen-bond donors (Lipinski definition) is 3. The summed E-state index contributed by atoms with van der Waals surface area (Å²) in [5, 5.41) is 5.51. The number of benzene rings is 2. The summed E-state index contributed by atoms with van der Waals surface area (Å²) in [5.74, 6) is -0.723. The summed E-state index contributed by atoms with van der Waals surface area (Å²) in [6, 6.07) is 10.5. The molecule has 0 aromatic heterocycles. The van der Waals surface area contributed by atoms with E-state index in [2.05, 4.69) is 15.4 Å². The molecule has 1 saturated carbocycles. The van der Waals surface area contributed by atoms with Crippen LogP contribution in [0, 0.1) is 0 Å². The van der Waals surface area contributed by atoms with Crippen molar-refractivity contribution in [3.63, 3.8) is 0 Å². The van der Waals surface area contributed by atoms with Crippen molar-refractivity contribution in [1.29, 1.82) is 0 Å². The standard InChI is InChI=1S/C20H22ClN3O4S/c1-13(25)22-16-9-10-19(18(21)12-16)23-20(26)14-5-4-8-17(11-14)29(27,28)24-15-6-2-3-7-15/h4-5,8-12,15,24H,2-3,6-7H2,1H3,(H,22,25)(H,23,26). The van der Waals surface area contributed by atoms with Crippen LogP contribution >= 0.6 is 11.6 Å². The van der Waals surface area contributed by atoms with Crippen molar-refractivity contribution < 1.29 is 18.0 Å². The first kappa shape index (κ1) is 21.3. The number of halogens is 1. The molecule has 2 aromatic carbocycles. The van der Waals surface area contributed by atoms with Crippen molar-refractivity contribution in [3.05, 3.63) is 53.1 Å². The summed E-state index contributed by atoms with van der Waals surface area (Å²) < 4.78 is 27.9. The Balaban J connectivity index is 1.75. The van der Waals surface area contributed by atoms with E-state index in [4.69, 9.17) is 11.6 Å². The first-order valence-electron chi connectivity index (χ1n) is 9.25. The van der Waals surface area contributed by atoms with Gasteiger partial charge in [0.05, 0.1) is 15.6 Å². The maximum absolute atomic E-state index is 12.6. The Morgan fingerprint density at radius 1 is 1.03 bits per heavy atom. The predicted octanol–water partition coefficient (Wildman–Crippen LogP) is 3.77. The van der Waals surface area contributed by atoms with Gasteiger partial charge < -0.3 is 10.6 Å². The van der Waals surface area contributed by atoms with E-state index in [1.54, 1.807) is 12.1 Å². The SMILES string of the molecule is CC(=O)Nc1ccc(NC(=O)c2cccc(S(=O)(=O)NC3CCCC3)c2)c(Cl)c1. The highest BCUT2D eigenvalue weighted by atomic mass is 35.5. The molecule has 2 amide bonds. The van der Waals surface area contributed by atoms with Gasteiger partial charge in [0.1, 0.15) is 0 Å². The van der Waals surface area contributed by atoms with Crippen LogP contribution in [0.5, 0.6) is 0 Å². The van der Waals surface area contributed by atoms with E-state index in [-0.39, 0.29) is 27.4 Å². The Bertz CT molecular complexity index is 1030. The molecular formula is C20H22ClN3O4S. The average molecular weight is 436 g/mol. The minimum Gasteiger partial charge on any atom is -0.326 e. The van der Waals surface area contributed by atoms with E-state index in [0.29, 0.717) is 11.4 Å². The molecule has 1 fully saturated rings. The third-order valence-corrected chi connectivity index (χ3v) is 6.45. The quantitative estimate of drug-likeness (QED) is 0.642. The zero-order valence-corrected chi connectivity index (χ0v) is 17.4. The maximum Gasteiger partial charge on any atom is 0.255 e. The fraction of sp³-hybridized carbons (Fsp3) is 0.300. The summed E-state index contributed by atoms with van der Waals surface area (Å²) in [7, 11) is -3.69. The molecule has 29 heavy (non-hydrogen) atoms. The molecule has 0 atom stereocenters. The van der Waals surface area contributed by atoms with Crippen LogP contribution in [0.2, 0.25) is 5.02 Å². The van der Waals surface area contributed by atoms with Gasteiger partial charge in [0.25, 0.3) is 5.91 Å². The molecule has 3 rings (SSSR count). The molecule has 0 unspecified atom stereocenters. The van der Waals surface area contributed by atoms with Crippen LogP contribution in [-0.2, 0) is 14.8 Å². The number of amides is 2. The van der Waals surface area contributed by atoms with Gasteiger partial charge in [-0.1, -0.05) is 30.5 Å². The van der Waals surface area contributed by atoms with Gasteiger partial charge in [0.2, 0.25) is 15.9 Å². The number of carbonyl (C=O) groups is 2. The second kappa shape index (κ2) is 8.94. The summed E-state index contributed by atoms with van der Waals surface area (Å²) in [5.41, 5.74) is 1.05. The molecule has 0 heterocycles. The molecule has 9 heteroatoms. The molecule has 0 radical (unpaired) electrons. The molecule has 1 aliphatic carbocycles. The monoisotopic (exact) mass is 435 g/mol. The Labute approximate surface area is 174 Å². The number of rotatable bonds is 6. The van der Waals surface area contributed by atoms with Crippen molar-refractivity contribution in [3.8, 4) is 0 Å². The van der Waals surface area contributed by atoms with Crippen LogP contribution in [0.4, 0.5) is 11.4 Å². The Morgan fingerprint density at radius 2 is 1.76 bits per heavy atom. The van der Waals surface area contributed by atoms with Gasteiger partial charge in [-0.25, -0.2) is 13.1 Å². The third kappa shape index (κ3) is 5.56. The van der Waals surface area contributed by atoms with Crippen molar-refractivity contribution >= 4 is 44.8 Å². The second-order valence-corrected chi connectivity index (χ2v) is 9.08. The second-order valence-electron chi connectivity index (χ2n) is 6.96. The molecule has 3 N–H and O–H groups in total. The highest BCUT2D eigenvalue weighted by Gasteiger charge is 2.23. The minimum atomic E-state index is -3.69. The van der Waals surface area contributed by atoms with Crippen LogP contribution in [0.3, 0.4) is 0 Å². The van der Waals surface area contributed by atoms with Gasteiger partial charge in [-0.05, 0) is 49.2 Å². The molecule has 154 valence electrons. The lowest BCUT2D eigenvalue weighted by molar-refractivity contribution is -0.114. The third-order valence-electron chi connectivity index (χ3n) is 4.62. The van der Waals surface area contributed by atoms with E-state index in [1.165, 1.54) is 37.3 Å². The van der Waals surface area contributed by atoms with Crippen LogP contribution in [0.25, 0.3) is 0 Å². The molecule has 1 aliphatic rings. The largest absolute Gasteiger partial charge is 0.326 e. The zero-order valence-electron chi connectivity index (χ0n) is 15.9. The van der Waals surface area contributed by atoms with Crippen LogP contribution in [0.15, 0.2) is 47.4 Å². The number of hydrogen-bond acceptors (Lipinski definition) is 4. The molecule has 0 spiro atoms. The molecule has 0 bridgehead atoms. The number of nitrogens with one attached hydrogen (secondary N) is 3. The molecule has 0 saturated heterocycles. The van der Waals surface area contributed by atoms with Gasteiger partial charge >= 0.3 is 0 Å². The zero-order chi connectivity index (χ0) is 21.0. The highest BCUT2D eigenvalue weighted by molar-refractivity contribution is 7.89. The minimum absolute atomic E-state index is 0.0455. The van der Waals surface area contributed by atoms with Crippen molar-refractivity contribution in [2.75, 3.05) is 10.6 Å². The van der Waals surface area contributed by atoms with E-state index >= 15 is 0 Å². The fourth-order valence-corrected chi connectivity index (χ4v) is 4.81. The van der Waals surface area contributed by atoms with Gasteiger partial charge in [-0.15, -0.1) is 0 Å². The Kier molecular flexibility index (Phi) is 6.56. The highest BCUT2D eigenvalue weighted by Crippen LogP contribution is 2.26. The topological polar surface area (TPSA) is 104 Å². The number of carbonyl (C=O) groups excluding carboxylic acids is 2. The normalized spacial score (nSPS) is 14.6. The van der Waals surface area contributed by atoms with Gasteiger partial charge in [0.15, 0.2) is 0 Å². The molecule has 0 aliphatic heterocycles. The van der Waals surface area contributed by atoms with Gasteiger partial charge in [-0.3, -0.25) is 9.59 Å². The lowest BCUT2D eigenvalue weighted by Crippen LogP contribution is -2.32. The smallest absolute Gasteiger partial charge is 0.255 e. The first-order chi connectivity index (χ1) is 13.7. The van der Waals surface area contributed by atoms with Crippen LogP contribution in [0.1, 0.15) is 43.0 Å². The summed E-state index contributed by atoms with van der Waals surface area (Å²) in [4.78, 5) is 23.8. The summed E-state index contributed by atoms with van der Waals surface area (Å²) in [6.07, 6.45) is 3.67. The lowest BCUT2D eigenvalue weighted by atomic mass is 10.2. The van der Waals surface area contributed by atoms with Crippen molar-refractivity contribution in [2.45, 2.75) is 43.5 Å². The van der Waals surface area contributed by atoms with Gasteiger partial charge in [-0.2, -0.15) is 0 Å². The van der Waals surface area contributed by atoms with Gasteiger partial charge in [0, 0.05) is 24.2 Å². The van der Waals surface area contributed by atoms with E-state index in [0.717, 1.165) is 25.7 Å². The Morgan fingerprint density at radius 3 is 2.41 bits per heavy atom. The van der Waals surface area contributed by atoms with E-state index < -0.39 is 15.9 Å². The number of anilines is 2. The van der Waals surface area contributed by atoms with E-state index in [9.17, 15) is 18.0 Å². The van der Waals surface area contributed by atoms with Crippen LogP contribution < -0.4 is 15.4 Å². The Hall–Kier alpha value is -2.42. The maximum atomic E-state index is 12.6. The van der Waals surface area contributed by atoms with Crippen molar-refractivity contribution in [1.82, 2.24) is 4.72 Å².